The molecule has 0 aliphatic heterocycles. The first-order valence-electron chi connectivity index (χ1n) is 9.08. The predicted molar refractivity (Wildman–Crippen MR) is 113 cm³/mol. The van der Waals surface area contributed by atoms with Gasteiger partial charge in [0.15, 0.2) is 0 Å². The summed E-state index contributed by atoms with van der Waals surface area (Å²) in [6, 6.07) is 20.3. The molecule has 2 heteroatoms. The molecule has 2 aromatic heterocycles. The van der Waals surface area contributed by atoms with Gasteiger partial charge in [-0.25, -0.2) is 0 Å². The molecule has 2 aromatic carbocycles. The molecule has 26 heavy (non-hydrogen) atoms. The number of hydrogen-bond donors (Lipinski definition) is 0. The van der Waals surface area contributed by atoms with Crippen LogP contribution in [0, 0.1) is 13.8 Å². The molecule has 0 spiro atoms. The van der Waals surface area contributed by atoms with E-state index in [-0.39, 0.29) is 0 Å². The molecule has 0 atom stereocenters. The maximum atomic E-state index is 4.75. The van der Waals surface area contributed by atoms with Crippen molar-refractivity contribution in [1.29, 1.82) is 0 Å². The Balaban J connectivity index is 1.73. The van der Waals surface area contributed by atoms with Crippen LogP contribution in [0.1, 0.15) is 36.5 Å². The van der Waals surface area contributed by atoms with Crippen LogP contribution in [0.15, 0.2) is 60.8 Å². The summed E-state index contributed by atoms with van der Waals surface area (Å²) in [6.07, 6.45) is 2.08. The molecule has 4 aromatic rings. The van der Waals surface area contributed by atoms with Crippen LogP contribution in [-0.2, 0) is 0 Å². The Morgan fingerprint density at radius 3 is 2.15 bits per heavy atom. The van der Waals surface area contributed by atoms with E-state index in [1.165, 1.54) is 41.9 Å². The van der Waals surface area contributed by atoms with Crippen molar-refractivity contribution >= 4 is 24.1 Å². The predicted octanol–water partition coefficient (Wildman–Crippen LogP) is 6.37. The van der Waals surface area contributed by atoms with Gasteiger partial charge in [-0.3, -0.25) is 0 Å². The van der Waals surface area contributed by atoms with Gasteiger partial charge in [0.05, 0.1) is 0 Å². The SMILES string of the molecule is Cc1cc(C)cc(-c2cc3cc(-c4ccc(C(C)C)cc4)[se]c3cn2)c1. The Labute approximate surface area is 161 Å². The summed E-state index contributed by atoms with van der Waals surface area (Å²) >= 11 is 0.336. The molecule has 0 amide bonds. The van der Waals surface area contributed by atoms with E-state index >= 15 is 0 Å². The summed E-state index contributed by atoms with van der Waals surface area (Å²) < 4.78 is 2.83. The van der Waals surface area contributed by atoms with E-state index < -0.39 is 0 Å². The van der Waals surface area contributed by atoms with Crippen molar-refractivity contribution in [2.24, 2.45) is 0 Å². The van der Waals surface area contributed by atoms with E-state index in [0.717, 1.165) is 5.69 Å². The van der Waals surface area contributed by atoms with Crippen molar-refractivity contribution in [3.8, 4) is 21.3 Å². The van der Waals surface area contributed by atoms with Crippen LogP contribution >= 0.6 is 0 Å². The molecule has 0 radical (unpaired) electrons. The number of benzene rings is 2. The average molecular weight is 404 g/mol. The van der Waals surface area contributed by atoms with Gasteiger partial charge in [-0.05, 0) is 0 Å². The number of fused-ring (bicyclic) bond motifs is 1. The normalized spacial score (nSPS) is 11.4. The van der Waals surface area contributed by atoms with Crippen molar-refractivity contribution in [3.63, 3.8) is 0 Å². The number of aromatic nitrogens is 1. The molecule has 0 aliphatic carbocycles. The van der Waals surface area contributed by atoms with E-state index in [9.17, 15) is 0 Å². The quantitative estimate of drug-likeness (QED) is 0.362. The number of hydrogen-bond acceptors (Lipinski definition) is 1. The molecular formula is C24H23NSe. The number of aryl methyl sites for hydroxylation is 2. The van der Waals surface area contributed by atoms with Crippen LogP contribution in [0.25, 0.3) is 30.9 Å². The Morgan fingerprint density at radius 2 is 1.50 bits per heavy atom. The second-order valence-electron chi connectivity index (χ2n) is 7.37. The second-order valence-corrected chi connectivity index (χ2v) is 9.64. The van der Waals surface area contributed by atoms with Gasteiger partial charge in [0.1, 0.15) is 0 Å². The third-order valence-corrected chi connectivity index (χ3v) is 7.16. The van der Waals surface area contributed by atoms with Gasteiger partial charge in [0.25, 0.3) is 0 Å². The fraction of sp³-hybridized carbons (Fsp3) is 0.208. The van der Waals surface area contributed by atoms with E-state index in [2.05, 4.69) is 88.5 Å². The summed E-state index contributed by atoms with van der Waals surface area (Å²) in [7, 11) is 0. The topological polar surface area (TPSA) is 12.9 Å². The summed E-state index contributed by atoms with van der Waals surface area (Å²) in [6.45, 7) is 8.77. The van der Waals surface area contributed by atoms with Crippen LogP contribution in [0.4, 0.5) is 0 Å². The zero-order chi connectivity index (χ0) is 18.3. The van der Waals surface area contributed by atoms with Crippen LogP contribution in [0.3, 0.4) is 0 Å². The Morgan fingerprint density at radius 1 is 0.808 bits per heavy atom. The molecule has 0 saturated carbocycles. The van der Waals surface area contributed by atoms with E-state index in [0.29, 0.717) is 20.4 Å². The first-order valence-corrected chi connectivity index (χ1v) is 10.8. The van der Waals surface area contributed by atoms with Crippen molar-refractivity contribution in [1.82, 2.24) is 4.98 Å². The minimum absolute atomic E-state index is 0.336. The Hall–Kier alpha value is -2.15. The first kappa shape index (κ1) is 17.3. The monoisotopic (exact) mass is 405 g/mol. The molecule has 1 nitrogen and oxygen atoms in total. The zero-order valence-electron chi connectivity index (χ0n) is 15.7. The molecule has 0 aliphatic rings. The van der Waals surface area contributed by atoms with Crippen molar-refractivity contribution in [2.75, 3.05) is 0 Å². The van der Waals surface area contributed by atoms with Gasteiger partial charge in [-0.15, -0.1) is 0 Å². The molecule has 130 valence electrons. The molecule has 0 N–H and O–H groups in total. The minimum atomic E-state index is 0.336. The fourth-order valence-corrected chi connectivity index (χ4v) is 5.54. The summed E-state index contributed by atoms with van der Waals surface area (Å²) in [5, 5.41) is 1.33. The maximum absolute atomic E-state index is 4.75. The molecule has 2 heterocycles. The van der Waals surface area contributed by atoms with E-state index in [1.54, 1.807) is 0 Å². The Bertz CT molecular complexity index is 1050. The van der Waals surface area contributed by atoms with Crippen LogP contribution in [-0.4, -0.2) is 19.5 Å². The molecule has 0 unspecified atom stereocenters. The second kappa shape index (κ2) is 6.87. The van der Waals surface area contributed by atoms with Gasteiger partial charge in [-0.1, -0.05) is 0 Å². The average Bonchev–Trinajstić information content (AvgIpc) is 3.04. The number of nitrogens with zero attached hydrogens (tertiary/aromatic N) is 1. The Kier molecular flexibility index (Phi) is 4.56. The number of pyridine rings is 1. The van der Waals surface area contributed by atoms with Gasteiger partial charge >= 0.3 is 161 Å². The van der Waals surface area contributed by atoms with Crippen LogP contribution < -0.4 is 0 Å². The van der Waals surface area contributed by atoms with Gasteiger partial charge in [0, 0.05) is 0 Å². The number of rotatable bonds is 3. The zero-order valence-corrected chi connectivity index (χ0v) is 17.4. The standard InChI is InChI=1S/C24H23NSe/c1-15(2)18-5-7-19(8-6-18)23-13-21-12-22(25-14-24(21)26-23)20-10-16(3)9-17(4)11-20/h5-15H,1-4H3. The van der Waals surface area contributed by atoms with Crippen molar-refractivity contribution in [3.05, 3.63) is 77.5 Å². The van der Waals surface area contributed by atoms with Gasteiger partial charge in [-0.2, -0.15) is 0 Å². The molecule has 0 bridgehead atoms. The summed E-state index contributed by atoms with van der Waals surface area (Å²) in [4.78, 5) is 4.75. The van der Waals surface area contributed by atoms with Gasteiger partial charge < -0.3 is 0 Å². The first-order chi connectivity index (χ1) is 12.5. The van der Waals surface area contributed by atoms with Crippen molar-refractivity contribution in [2.45, 2.75) is 33.6 Å². The van der Waals surface area contributed by atoms with E-state index in [4.69, 9.17) is 4.98 Å². The van der Waals surface area contributed by atoms with Crippen LogP contribution in [0.5, 0.6) is 0 Å². The van der Waals surface area contributed by atoms with Crippen molar-refractivity contribution < 1.29 is 0 Å². The molecule has 4 rings (SSSR count). The third-order valence-electron chi connectivity index (χ3n) is 4.78. The van der Waals surface area contributed by atoms with Gasteiger partial charge in [0.2, 0.25) is 0 Å². The molecule has 0 saturated heterocycles. The fourth-order valence-electron chi connectivity index (χ4n) is 3.40. The van der Waals surface area contributed by atoms with E-state index in [1.807, 2.05) is 0 Å². The summed E-state index contributed by atoms with van der Waals surface area (Å²) in [5.41, 5.74) is 7.59. The van der Waals surface area contributed by atoms with Crippen LogP contribution in [0.2, 0.25) is 0 Å². The molecular weight excluding hydrogens is 381 g/mol. The third kappa shape index (κ3) is 3.40. The summed E-state index contributed by atoms with van der Waals surface area (Å²) in [5.74, 6) is 0.578. The molecule has 0 fully saturated rings.